The number of methoxy groups -OCH3 is 1. The van der Waals surface area contributed by atoms with Crippen molar-refractivity contribution in [2.75, 3.05) is 19.0 Å². The van der Waals surface area contributed by atoms with Gasteiger partial charge in [-0.3, -0.25) is 9.59 Å². The summed E-state index contributed by atoms with van der Waals surface area (Å²) in [6.07, 6.45) is 1.66. The van der Waals surface area contributed by atoms with Crippen LogP contribution in [0.1, 0.15) is 37.0 Å². The second-order valence-electron chi connectivity index (χ2n) is 5.48. The first-order valence-corrected chi connectivity index (χ1v) is 7.61. The Balaban J connectivity index is 2.25. The Bertz CT molecular complexity index is 584. The van der Waals surface area contributed by atoms with Crippen LogP contribution in [0.3, 0.4) is 0 Å². The number of hydrogen-bond acceptors (Lipinski definition) is 4. The van der Waals surface area contributed by atoms with Gasteiger partial charge < -0.3 is 14.8 Å². The number of nitrogens with one attached hydrogen (secondary N) is 1. The van der Waals surface area contributed by atoms with Crippen molar-refractivity contribution in [3.63, 3.8) is 0 Å². The number of anilines is 1. The highest BCUT2D eigenvalue weighted by molar-refractivity contribution is 6.36. The molecule has 1 aliphatic carbocycles. The van der Waals surface area contributed by atoms with Crippen LogP contribution in [0.5, 0.6) is 5.75 Å². The van der Waals surface area contributed by atoms with Gasteiger partial charge in [0.1, 0.15) is 17.4 Å². The van der Waals surface area contributed by atoms with Crippen LogP contribution in [-0.2, 0) is 9.53 Å². The lowest BCUT2D eigenvalue weighted by atomic mass is 10.1. The van der Waals surface area contributed by atoms with Crippen LogP contribution < -0.4 is 10.1 Å². The number of Topliss-reactive ketones (excluding diaryl/α,β-unsaturated/α-hetero) is 1. The van der Waals surface area contributed by atoms with E-state index >= 15 is 0 Å². The number of hydrogen-bond donors (Lipinski definition) is 1. The van der Waals surface area contributed by atoms with E-state index in [-0.39, 0.29) is 28.7 Å². The number of ether oxygens (including phenoxy) is 2. The number of benzene rings is 1. The highest BCUT2D eigenvalue weighted by atomic mass is 35.5. The predicted octanol–water partition coefficient (Wildman–Crippen LogP) is 3.30. The van der Waals surface area contributed by atoms with E-state index in [0.29, 0.717) is 23.6 Å². The van der Waals surface area contributed by atoms with E-state index in [9.17, 15) is 9.59 Å². The number of carbonyl (C=O) groups is 2. The summed E-state index contributed by atoms with van der Waals surface area (Å²) in [6, 6.07) is 3.25. The lowest BCUT2D eigenvalue weighted by Gasteiger charge is -2.17. The minimum absolute atomic E-state index is 0.0222. The molecule has 0 heterocycles. The fraction of sp³-hybridized carbons (Fsp3) is 0.500. The molecule has 1 saturated carbocycles. The van der Waals surface area contributed by atoms with Crippen LogP contribution >= 0.6 is 11.6 Å². The summed E-state index contributed by atoms with van der Waals surface area (Å²) in [5.74, 6) is 0.173. The van der Waals surface area contributed by atoms with Crippen LogP contribution in [0.15, 0.2) is 12.1 Å². The van der Waals surface area contributed by atoms with Crippen molar-refractivity contribution in [1.82, 2.24) is 0 Å². The van der Waals surface area contributed by atoms with E-state index in [0.717, 1.165) is 12.8 Å². The number of amides is 1. The zero-order valence-corrected chi connectivity index (χ0v) is 13.7. The number of halogens is 1. The van der Waals surface area contributed by atoms with Crippen LogP contribution in [0.4, 0.5) is 5.69 Å². The Morgan fingerprint density at radius 1 is 1.41 bits per heavy atom. The molecule has 22 heavy (non-hydrogen) atoms. The molecule has 2 rings (SSSR count). The molecule has 1 aromatic rings. The molecule has 0 aliphatic heterocycles. The molecular weight excluding hydrogens is 306 g/mol. The Morgan fingerprint density at radius 2 is 2.09 bits per heavy atom. The van der Waals surface area contributed by atoms with E-state index in [1.807, 2.05) is 6.92 Å². The van der Waals surface area contributed by atoms with Crippen molar-refractivity contribution in [3.8, 4) is 5.75 Å². The summed E-state index contributed by atoms with van der Waals surface area (Å²) < 4.78 is 10.7. The molecule has 1 atom stereocenters. The quantitative estimate of drug-likeness (QED) is 0.781. The van der Waals surface area contributed by atoms with Gasteiger partial charge in [-0.1, -0.05) is 11.6 Å². The summed E-state index contributed by atoms with van der Waals surface area (Å²) in [4.78, 5) is 23.7. The first kappa shape index (κ1) is 16.8. The zero-order chi connectivity index (χ0) is 16.3. The third kappa shape index (κ3) is 3.99. The summed E-state index contributed by atoms with van der Waals surface area (Å²) in [6.45, 7) is 3.63. The molecule has 120 valence electrons. The number of ketones is 1. The van der Waals surface area contributed by atoms with E-state index in [1.165, 1.54) is 6.92 Å². The molecule has 0 aromatic heterocycles. The molecule has 0 spiro atoms. The fourth-order valence-electron chi connectivity index (χ4n) is 1.93. The van der Waals surface area contributed by atoms with E-state index in [1.54, 1.807) is 19.2 Å². The highest BCUT2D eigenvalue weighted by Crippen LogP contribution is 2.37. The Labute approximate surface area is 134 Å². The average Bonchev–Trinajstić information content (AvgIpc) is 3.31. The fourth-order valence-corrected chi connectivity index (χ4v) is 2.20. The Morgan fingerprint density at radius 3 is 2.64 bits per heavy atom. The van der Waals surface area contributed by atoms with E-state index in [2.05, 4.69) is 5.32 Å². The smallest absolute Gasteiger partial charge is 0.227 e. The van der Waals surface area contributed by atoms with E-state index < -0.39 is 0 Å². The second kappa shape index (κ2) is 7.11. The van der Waals surface area contributed by atoms with Gasteiger partial charge in [0.2, 0.25) is 5.91 Å². The molecule has 0 bridgehead atoms. The summed E-state index contributed by atoms with van der Waals surface area (Å²) in [5.41, 5.74) is 0.708. The molecule has 1 fully saturated rings. The molecule has 1 amide bonds. The SMILES string of the molecule is COC(C)COc1ccc(C(C)=O)c(NC(=O)C2CC2)c1Cl. The first-order chi connectivity index (χ1) is 10.4. The van der Waals surface area contributed by atoms with Gasteiger partial charge in [0.15, 0.2) is 5.78 Å². The zero-order valence-electron chi connectivity index (χ0n) is 12.9. The molecule has 1 N–H and O–H groups in total. The third-order valence-corrected chi connectivity index (χ3v) is 3.93. The van der Waals surface area contributed by atoms with Crippen LogP contribution in [0, 0.1) is 5.92 Å². The highest BCUT2D eigenvalue weighted by Gasteiger charge is 2.31. The van der Waals surface area contributed by atoms with Crippen molar-refractivity contribution >= 4 is 29.0 Å². The lowest BCUT2D eigenvalue weighted by molar-refractivity contribution is -0.117. The molecule has 5 nitrogen and oxygen atoms in total. The van der Waals surface area contributed by atoms with Gasteiger partial charge in [0.05, 0.1) is 11.8 Å². The Hall–Kier alpha value is -1.59. The Kier molecular flexibility index (Phi) is 5.42. The van der Waals surface area contributed by atoms with Gasteiger partial charge in [-0.05, 0) is 38.8 Å². The maximum Gasteiger partial charge on any atom is 0.227 e. The molecule has 1 aromatic carbocycles. The summed E-state index contributed by atoms with van der Waals surface area (Å²) in [5, 5.41) is 3.00. The minimum atomic E-state index is -0.162. The van der Waals surface area contributed by atoms with Crippen LogP contribution in [0.2, 0.25) is 5.02 Å². The maximum absolute atomic E-state index is 12.0. The topological polar surface area (TPSA) is 64.6 Å². The molecule has 1 aliphatic rings. The number of carbonyl (C=O) groups excluding carboxylic acids is 2. The predicted molar refractivity (Wildman–Crippen MR) is 84.8 cm³/mol. The van der Waals surface area contributed by atoms with Crippen molar-refractivity contribution in [1.29, 1.82) is 0 Å². The largest absolute Gasteiger partial charge is 0.489 e. The third-order valence-electron chi connectivity index (χ3n) is 3.56. The van der Waals surface area contributed by atoms with Crippen molar-refractivity contribution in [2.24, 2.45) is 5.92 Å². The van der Waals surface area contributed by atoms with Gasteiger partial charge in [-0.25, -0.2) is 0 Å². The summed E-state index contributed by atoms with van der Waals surface area (Å²) in [7, 11) is 1.59. The number of rotatable bonds is 7. The standard InChI is InChI=1S/C16H20ClNO4/c1-9(21-3)8-22-13-7-6-12(10(2)19)15(14(13)17)18-16(20)11-4-5-11/h6-7,9,11H,4-5,8H2,1-3H3,(H,18,20). The minimum Gasteiger partial charge on any atom is -0.489 e. The van der Waals surface area contributed by atoms with Gasteiger partial charge >= 0.3 is 0 Å². The van der Waals surface area contributed by atoms with Crippen molar-refractivity contribution in [3.05, 3.63) is 22.7 Å². The maximum atomic E-state index is 12.0. The van der Waals surface area contributed by atoms with Crippen LogP contribution in [-0.4, -0.2) is 31.5 Å². The van der Waals surface area contributed by atoms with Crippen molar-refractivity contribution < 1.29 is 19.1 Å². The molecule has 0 radical (unpaired) electrons. The van der Waals surface area contributed by atoms with Gasteiger partial charge in [0.25, 0.3) is 0 Å². The van der Waals surface area contributed by atoms with Gasteiger partial charge in [-0.15, -0.1) is 0 Å². The molecule has 1 unspecified atom stereocenters. The van der Waals surface area contributed by atoms with Crippen molar-refractivity contribution in [2.45, 2.75) is 32.8 Å². The lowest BCUT2D eigenvalue weighted by Crippen LogP contribution is -2.18. The summed E-state index contributed by atoms with van der Waals surface area (Å²) >= 11 is 6.32. The monoisotopic (exact) mass is 325 g/mol. The average molecular weight is 326 g/mol. The van der Waals surface area contributed by atoms with Gasteiger partial charge in [-0.2, -0.15) is 0 Å². The molecular formula is C16H20ClNO4. The normalized spacial score (nSPS) is 15.3. The van der Waals surface area contributed by atoms with E-state index in [4.69, 9.17) is 21.1 Å². The molecule has 0 saturated heterocycles. The van der Waals surface area contributed by atoms with Crippen LogP contribution in [0.25, 0.3) is 0 Å². The second-order valence-corrected chi connectivity index (χ2v) is 5.86. The molecule has 6 heteroatoms. The first-order valence-electron chi connectivity index (χ1n) is 7.24. The van der Waals surface area contributed by atoms with Gasteiger partial charge in [0, 0.05) is 18.6 Å².